The highest BCUT2D eigenvalue weighted by molar-refractivity contribution is 5.94. The van der Waals surface area contributed by atoms with Crippen molar-refractivity contribution in [3.8, 4) is 0 Å². The molecule has 1 unspecified atom stereocenters. The van der Waals surface area contributed by atoms with E-state index >= 15 is 0 Å². The van der Waals surface area contributed by atoms with Gasteiger partial charge in [0.05, 0.1) is 11.0 Å². The fraction of sp³-hybridized carbons (Fsp3) is 0.500. The lowest BCUT2D eigenvalue weighted by atomic mass is 10.1. The molecule has 0 heterocycles. The van der Waals surface area contributed by atoms with E-state index in [4.69, 9.17) is 0 Å². The van der Waals surface area contributed by atoms with E-state index in [2.05, 4.69) is 0 Å². The van der Waals surface area contributed by atoms with E-state index < -0.39 is 11.0 Å². The van der Waals surface area contributed by atoms with E-state index in [0.717, 1.165) is 12.8 Å². The van der Waals surface area contributed by atoms with Crippen LogP contribution in [0.4, 0.5) is 5.69 Å². The number of aliphatic hydroxyl groups is 1. The Kier molecular flexibility index (Phi) is 4.04. The number of carbonyl (C=O) groups excluding carboxylic acids is 1. The maximum atomic E-state index is 12.2. The van der Waals surface area contributed by atoms with Gasteiger partial charge in [-0.2, -0.15) is 0 Å². The summed E-state index contributed by atoms with van der Waals surface area (Å²) in [6.45, 7) is 1.90. The van der Waals surface area contributed by atoms with E-state index in [1.165, 1.54) is 23.1 Å². The van der Waals surface area contributed by atoms with Crippen LogP contribution >= 0.6 is 0 Å². The van der Waals surface area contributed by atoms with Crippen LogP contribution in [0.5, 0.6) is 0 Å². The Morgan fingerprint density at radius 3 is 2.70 bits per heavy atom. The minimum atomic E-state index is -0.483. The summed E-state index contributed by atoms with van der Waals surface area (Å²) in [6, 6.07) is 4.31. The molecule has 1 amide bonds. The molecule has 108 valence electrons. The van der Waals surface area contributed by atoms with Crippen LogP contribution in [0.15, 0.2) is 18.2 Å². The SMILES string of the molecule is Cc1cc(C(=O)N(C)CC(O)C2CC2)ccc1[N+](=O)[O-]. The molecule has 6 nitrogen and oxygen atoms in total. The number of amides is 1. The van der Waals surface area contributed by atoms with Crippen molar-refractivity contribution in [2.45, 2.75) is 25.9 Å². The fourth-order valence-electron chi connectivity index (χ4n) is 2.21. The summed E-state index contributed by atoms with van der Waals surface area (Å²) in [7, 11) is 1.63. The topological polar surface area (TPSA) is 83.7 Å². The first-order valence-corrected chi connectivity index (χ1v) is 6.58. The van der Waals surface area contributed by atoms with Gasteiger partial charge >= 0.3 is 0 Å². The summed E-state index contributed by atoms with van der Waals surface area (Å²) >= 11 is 0. The molecule has 1 atom stereocenters. The molecule has 2 rings (SSSR count). The second kappa shape index (κ2) is 5.58. The molecule has 1 aliphatic rings. The molecule has 1 aliphatic carbocycles. The predicted octanol–water partition coefficient (Wildman–Crippen LogP) is 1.75. The minimum Gasteiger partial charge on any atom is -0.391 e. The van der Waals surface area contributed by atoms with E-state index in [-0.39, 0.29) is 11.6 Å². The van der Waals surface area contributed by atoms with Crippen molar-refractivity contribution in [1.82, 2.24) is 4.90 Å². The Morgan fingerprint density at radius 1 is 1.55 bits per heavy atom. The highest BCUT2D eigenvalue weighted by Gasteiger charge is 2.31. The molecule has 1 N–H and O–H groups in total. The van der Waals surface area contributed by atoms with E-state index in [1.54, 1.807) is 14.0 Å². The van der Waals surface area contributed by atoms with E-state index in [0.29, 0.717) is 23.6 Å². The molecule has 1 saturated carbocycles. The van der Waals surface area contributed by atoms with Crippen molar-refractivity contribution in [2.24, 2.45) is 5.92 Å². The summed E-state index contributed by atoms with van der Waals surface area (Å²) in [5.74, 6) is 0.0755. The number of hydrogen-bond donors (Lipinski definition) is 1. The lowest BCUT2D eigenvalue weighted by molar-refractivity contribution is -0.385. The number of likely N-dealkylation sites (N-methyl/N-ethyl adjacent to an activating group) is 1. The third kappa shape index (κ3) is 3.14. The van der Waals surface area contributed by atoms with Crippen molar-refractivity contribution in [3.05, 3.63) is 39.4 Å². The predicted molar refractivity (Wildman–Crippen MR) is 73.5 cm³/mol. The van der Waals surface area contributed by atoms with Gasteiger partial charge in [0.25, 0.3) is 11.6 Å². The zero-order valence-corrected chi connectivity index (χ0v) is 11.6. The van der Waals surface area contributed by atoms with Gasteiger partial charge in [-0.1, -0.05) is 0 Å². The standard InChI is InChI=1S/C14H18N2O4/c1-9-7-11(5-6-12(9)16(19)20)14(18)15(2)8-13(17)10-3-4-10/h5-7,10,13,17H,3-4,8H2,1-2H3. The zero-order chi connectivity index (χ0) is 14.9. The molecule has 20 heavy (non-hydrogen) atoms. The van der Waals surface area contributed by atoms with Gasteiger partial charge in [0.2, 0.25) is 0 Å². The molecule has 0 spiro atoms. The molecular formula is C14H18N2O4. The molecule has 0 bridgehead atoms. The van der Waals surface area contributed by atoms with Crippen molar-refractivity contribution in [1.29, 1.82) is 0 Å². The van der Waals surface area contributed by atoms with Gasteiger partial charge in [0, 0.05) is 30.8 Å². The van der Waals surface area contributed by atoms with Crippen LogP contribution in [0.25, 0.3) is 0 Å². The summed E-state index contributed by atoms with van der Waals surface area (Å²) in [5, 5.41) is 20.6. The second-order valence-corrected chi connectivity index (χ2v) is 5.35. The Labute approximate surface area is 117 Å². The maximum absolute atomic E-state index is 12.2. The largest absolute Gasteiger partial charge is 0.391 e. The maximum Gasteiger partial charge on any atom is 0.272 e. The average molecular weight is 278 g/mol. The molecule has 0 radical (unpaired) electrons. The number of aryl methyl sites for hydroxylation is 1. The van der Waals surface area contributed by atoms with Gasteiger partial charge in [-0.25, -0.2) is 0 Å². The summed E-state index contributed by atoms with van der Waals surface area (Å²) in [4.78, 5) is 23.9. The van der Waals surface area contributed by atoms with Crippen LogP contribution < -0.4 is 0 Å². The number of carbonyl (C=O) groups is 1. The lowest BCUT2D eigenvalue weighted by Crippen LogP contribution is -2.35. The van der Waals surface area contributed by atoms with Crippen LogP contribution in [0, 0.1) is 23.0 Å². The number of nitrogens with zero attached hydrogens (tertiary/aromatic N) is 2. The third-order valence-electron chi connectivity index (χ3n) is 3.61. The average Bonchev–Trinajstić information content (AvgIpc) is 3.21. The van der Waals surface area contributed by atoms with Gasteiger partial charge < -0.3 is 10.0 Å². The molecule has 1 aromatic carbocycles. The van der Waals surface area contributed by atoms with Crippen molar-refractivity contribution < 1.29 is 14.8 Å². The van der Waals surface area contributed by atoms with Gasteiger partial charge in [-0.15, -0.1) is 0 Å². The Morgan fingerprint density at radius 2 is 2.20 bits per heavy atom. The van der Waals surface area contributed by atoms with Crippen LogP contribution in [0.1, 0.15) is 28.8 Å². The number of hydrogen-bond acceptors (Lipinski definition) is 4. The minimum absolute atomic E-state index is 0.00205. The van der Waals surface area contributed by atoms with Gasteiger partial charge in [-0.05, 0) is 37.8 Å². The Balaban J connectivity index is 2.07. The number of aliphatic hydroxyl groups excluding tert-OH is 1. The van der Waals surface area contributed by atoms with Crippen LogP contribution in [-0.4, -0.2) is 40.5 Å². The van der Waals surface area contributed by atoms with Crippen LogP contribution in [-0.2, 0) is 0 Å². The van der Waals surface area contributed by atoms with Crippen molar-refractivity contribution >= 4 is 11.6 Å². The van der Waals surface area contributed by atoms with E-state index in [1.807, 2.05) is 0 Å². The molecular weight excluding hydrogens is 260 g/mol. The van der Waals surface area contributed by atoms with E-state index in [9.17, 15) is 20.0 Å². The quantitative estimate of drug-likeness (QED) is 0.657. The van der Waals surface area contributed by atoms with Crippen LogP contribution in [0.3, 0.4) is 0 Å². The smallest absolute Gasteiger partial charge is 0.272 e. The summed E-state index contributed by atoms with van der Waals surface area (Å²) in [5.41, 5.74) is 0.859. The first-order valence-electron chi connectivity index (χ1n) is 6.58. The first-order chi connectivity index (χ1) is 9.40. The molecule has 0 aromatic heterocycles. The Bertz CT molecular complexity index is 540. The first kappa shape index (κ1) is 14.5. The van der Waals surface area contributed by atoms with Crippen LogP contribution in [0.2, 0.25) is 0 Å². The number of nitro benzene ring substituents is 1. The normalized spacial score (nSPS) is 15.8. The highest BCUT2D eigenvalue weighted by Crippen LogP contribution is 2.32. The number of benzene rings is 1. The third-order valence-corrected chi connectivity index (χ3v) is 3.61. The van der Waals surface area contributed by atoms with Gasteiger partial charge in [0.15, 0.2) is 0 Å². The molecule has 0 saturated heterocycles. The van der Waals surface area contributed by atoms with Crippen molar-refractivity contribution in [2.75, 3.05) is 13.6 Å². The summed E-state index contributed by atoms with van der Waals surface area (Å²) in [6.07, 6.45) is 1.54. The Hall–Kier alpha value is -1.95. The molecule has 1 fully saturated rings. The monoisotopic (exact) mass is 278 g/mol. The highest BCUT2D eigenvalue weighted by atomic mass is 16.6. The molecule has 0 aliphatic heterocycles. The zero-order valence-electron chi connectivity index (χ0n) is 11.6. The number of nitro groups is 1. The van der Waals surface area contributed by atoms with Crippen molar-refractivity contribution in [3.63, 3.8) is 0 Å². The van der Waals surface area contributed by atoms with Gasteiger partial charge in [0.1, 0.15) is 0 Å². The second-order valence-electron chi connectivity index (χ2n) is 5.35. The molecule has 6 heteroatoms. The van der Waals surface area contributed by atoms with Gasteiger partial charge in [-0.3, -0.25) is 14.9 Å². The summed E-state index contributed by atoms with van der Waals surface area (Å²) < 4.78 is 0. The lowest BCUT2D eigenvalue weighted by Gasteiger charge is -2.21. The molecule has 1 aromatic rings. The fourth-order valence-corrected chi connectivity index (χ4v) is 2.21. The number of rotatable bonds is 5.